The molecule has 4 amide bonds. The summed E-state index contributed by atoms with van der Waals surface area (Å²) in [5, 5.41) is 8.48. The Bertz CT molecular complexity index is 1120. The summed E-state index contributed by atoms with van der Waals surface area (Å²) < 4.78 is 15.8. The molecule has 3 aromatic carbocycles. The van der Waals surface area contributed by atoms with E-state index in [1.807, 2.05) is 42.5 Å². The molecule has 9 heteroatoms. The van der Waals surface area contributed by atoms with E-state index in [0.29, 0.717) is 48.1 Å². The number of urea groups is 2. The Balaban J connectivity index is 1.58. The van der Waals surface area contributed by atoms with Crippen LogP contribution in [0.4, 0.5) is 26.7 Å². The molecule has 3 rings (SSSR count). The lowest BCUT2D eigenvalue weighted by molar-refractivity contribution is 0.252. The number of para-hydroxylation sites is 3. The number of carbonyl (C=O) groups is 2. The summed E-state index contributed by atoms with van der Waals surface area (Å²) >= 11 is 0. The van der Waals surface area contributed by atoms with Gasteiger partial charge in [-0.2, -0.15) is 0 Å². The van der Waals surface area contributed by atoms with Gasteiger partial charge >= 0.3 is 12.1 Å². The van der Waals surface area contributed by atoms with Crippen molar-refractivity contribution >= 4 is 29.1 Å². The summed E-state index contributed by atoms with van der Waals surface area (Å²) in [5.74, 6) is 1.68. The first-order valence-electron chi connectivity index (χ1n) is 11.1. The molecule has 0 aliphatic carbocycles. The third-order valence-corrected chi connectivity index (χ3v) is 5.16. The number of hydrogen-bond donors (Lipinski definition) is 3. The van der Waals surface area contributed by atoms with Crippen LogP contribution in [0.2, 0.25) is 0 Å². The Hall–Kier alpha value is -4.40. The Morgan fingerprint density at radius 1 is 0.771 bits per heavy atom. The van der Waals surface area contributed by atoms with Crippen LogP contribution in [0.1, 0.15) is 6.42 Å². The molecule has 184 valence electrons. The number of rotatable bonds is 10. The second-order valence-electron chi connectivity index (χ2n) is 7.42. The lowest BCUT2D eigenvalue weighted by Crippen LogP contribution is -2.38. The lowest BCUT2D eigenvalue weighted by atomic mass is 10.2. The molecule has 0 heterocycles. The van der Waals surface area contributed by atoms with Crippen LogP contribution >= 0.6 is 0 Å². The van der Waals surface area contributed by atoms with Gasteiger partial charge in [0.2, 0.25) is 0 Å². The van der Waals surface area contributed by atoms with E-state index in [2.05, 4.69) is 16.0 Å². The van der Waals surface area contributed by atoms with Crippen molar-refractivity contribution in [2.45, 2.75) is 6.42 Å². The van der Waals surface area contributed by atoms with Crippen molar-refractivity contribution < 1.29 is 23.8 Å². The highest BCUT2D eigenvalue weighted by Gasteiger charge is 2.17. The molecule has 0 saturated carbocycles. The average Bonchev–Trinajstić information content (AvgIpc) is 2.89. The fraction of sp³-hybridized carbons (Fsp3) is 0.231. The molecule has 0 atom stereocenters. The first-order chi connectivity index (χ1) is 17.0. The Morgan fingerprint density at radius 2 is 1.46 bits per heavy atom. The average molecular weight is 479 g/mol. The van der Waals surface area contributed by atoms with E-state index in [0.717, 1.165) is 5.69 Å². The van der Waals surface area contributed by atoms with Crippen LogP contribution in [0.25, 0.3) is 0 Å². The van der Waals surface area contributed by atoms with E-state index < -0.39 is 0 Å². The lowest BCUT2D eigenvalue weighted by Gasteiger charge is -2.24. The Morgan fingerprint density at radius 3 is 2.17 bits per heavy atom. The van der Waals surface area contributed by atoms with Crippen LogP contribution in [0.5, 0.6) is 17.2 Å². The molecular weight excluding hydrogens is 448 g/mol. The summed E-state index contributed by atoms with van der Waals surface area (Å²) in [7, 11) is 4.63. The van der Waals surface area contributed by atoms with Gasteiger partial charge in [-0.3, -0.25) is 4.90 Å². The number of hydrogen-bond acceptors (Lipinski definition) is 5. The third kappa shape index (κ3) is 7.04. The van der Waals surface area contributed by atoms with Crippen LogP contribution in [-0.2, 0) is 0 Å². The molecular formula is C26H30N4O5. The molecule has 0 aromatic heterocycles. The largest absolute Gasteiger partial charge is 0.497 e. The number of ether oxygens (including phenoxy) is 3. The van der Waals surface area contributed by atoms with E-state index in [4.69, 9.17) is 14.2 Å². The van der Waals surface area contributed by atoms with Crippen LogP contribution in [0.15, 0.2) is 72.8 Å². The molecule has 0 bridgehead atoms. The zero-order valence-corrected chi connectivity index (χ0v) is 20.0. The highest BCUT2D eigenvalue weighted by Crippen LogP contribution is 2.29. The van der Waals surface area contributed by atoms with Crippen LogP contribution in [0, 0.1) is 0 Å². The Labute approximate surface area is 205 Å². The molecule has 3 aromatic rings. The van der Waals surface area contributed by atoms with E-state index in [-0.39, 0.29) is 12.1 Å². The number of methoxy groups -OCH3 is 3. The summed E-state index contributed by atoms with van der Waals surface area (Å²) in [6.45, 7) is 0.743. The molecule has 0 unspecified atom stereocenters. The fourth-order valence-electron chi connectivity index (χ4n) is 3.39. The van der Waals surface area contributed by atoms with Gasteiger partial charge in [0.1, 0.15) is 17.2 Å². The number of benzene rings is 3. The van der Waals surface area contributed by atoms with E-state index >= 15 is 0 Å². The molecule has 3 N–H and O–H groups in total. The Kier molecular flexibility index (Phi) is 9.18. The zero-order chi connectivity index (χ0) is 25.0. The number of nitrogens with zero attached hydrogens (tertiary/aromatic N) is 1. The predicted octanol–water partition coefficient (Wildman–Crippen LogP) is 4.96. The first kappa shape index (κ1) is 25.2. The van der Waals surface area contributed by atoms with Crippen molar-refractivity contribution in [1.29, 1.82) is 0 Å². The standard InChI is InChI=1S/C26H30N4O5/c1-33-20-14-15-22(24(18-20)35-3)28-25(31)27-16-9-17-30(19-10-5-4-6-11-19)26(32)29-21-12-7-8-13-23(21)34-2/h4-8,10-15,18H,9,16-17H2,1-3H3,(H,29,32)(H2,27,28,31). The maximum atomic E-state index is 13.1. The second-order valence-corrected chi connectivity index (χ2v) is 7.42. The van der Waals surface area contributed by atoms with Gasteiger partial charge < -0.3 is 30.2 Å². The normalized spacial score (nSPS) is 10.1. The van der Waals surface area contributed by atoms with Gasteiger partial charge in [-0.1, -0.05) is 30.3 Å². The molecule has 35 heavy (non-hydrogen) atoms. The molecule has 0 saturated heterocycles. The van der Waals surface area contributed by atoms with Crippen LogP contribution in [0.3, 0.4) is 0 Å². The second kappa shape index (κ2) is 12.7. The predicted molar refractivity (Wildman–Crippen MR) is 137 cm³/mol. The van der Waals surface area contributed by atoms with Crippen LogP contribution in [-0.4, -0.2) is 46.5 Å². The molecule has 0 radical (unpaired) electrons. The van der Waals surface area contributed by atoms with E-state index in [1.165, 1.54) is 7.11 Å². The minimum atomic E-state index is -0.377. The zero-order valence-electron chi connectivity index (χ0n) is 20.0. The minimum Gasteiger partial charge on any atom is -0.497 e. The smallest absolute Gasteiger partial charge is 0.326 e. The van der Waals surface area contributed by atoms with Crippen LogP contribution < -0.4 is 35.1 Å². The summed E-state index contributed by atoms with van der Waals surface area (Å²) in [4.78, 5) is 27.1. The molecule has 0 fully saturated rings. The van der Waals surface area contributed by atoms with Crippen molar-refractivity contribution in [3.8, 4) is 17.2 Å². The fourth-order valence-corrected chi connectivity index (χ4v) is 3.39. The van der Waals surface area contributed by atoms with Crippen molar-refractivity contribution in [3.63, 3.8) is 0 Å². The van der Waals surface area contributed by atoms with Gasteiger partial charge in [0, 0.05) is 24.8 Å². The van der Waals surface area contributed by atoms with Crippen molar-refractivity contribution in [3.05, 3.63) is 72.8 Å². The van der Waals surface area contributed by atoms with Crippen molar-refractivity contribution in [1.82, 2.24) is 5.32 Å². The summed E-state index contributed by atoms with van der Waals surface area (Å²) in [6.07, 6.45) is 0.529. The van der Waals surface area contributed by atoms with E-state index in [9.17, 15) is 9.59 Å². The van der Waals surface area contributed by atoms with E-state index in [1.54, 1.807) is 49.5 Å². The number of carbonyl (C=O) groups excluding carboxylic acids is 2. The number of amides is 4. The van der Waals surface area contributed by atoms with Gasteiger partial charge in [-0.25, -0.2) is 9.59 Å². The minimum absolute atomic E-state index is 0.298. The van der Waals surface area contributed by atoms with Gasteiger partial charge in [0.05, 0.1) is 32.7 Å². The maximum absolute atomic E-state index is 13.1. The van der Waals surface area contributed by atoms with Gasteiger partial charge in [-0.15, -0.1) is 0 Å². The molecule has 9 nitrogen and oxygen atoms in total. The first-order valence-corrected chi connectivity index (χ1v) is 11.1. The van der Waals surface area contributed by atoms with Gasteiger partial charge in [-0.05, 0) is 42.8 Å². The summed E-state index contributed by atoms with van der Waals surface area (Å²) in [5.41, 5.74) is 1.84. The number of nitrogens with one attached hydrogen (secondary N) is 3. The van der Waals surface area contributed by atoms with Gasteiger partial charge in [0.15, 0.2) is 0 Å². The molecule has 0 aliphatic rings. The quantitative estimate of drug-likeness (QED) is 0.358. The van der Waals surface area contributed by atoms with Gasteiger partial charge in [0.25, 0.3) is 0 Å². The monoisotopic (exact) mass is 478 g/mol. The SMILES string of the molecule is COc1ccc(NC(=O)NCCCN(C(=O)Nc2ccccc2OC)c2ccccc2)c(OC)c1. The van der Waals surface area contributed by atoms with Crippen molar-refractivity contribution in [2.75, 3.05) is 50.0 Å². The number of anilines is 3. The topological polar surface area (TPSA) is 101 Å². The maximum Gasteiger partial charge on any atom is 0.326 e. The van der Waals surface area contributed by atoms with Crippen molar-refractivity contribution in [2.24, 2.45) is 0 Å². The molecule has 0 spiro atoms. The third-order valence-electron chi connectivity index (χ3n) is 5.16. The highest BCUT2D eigenvalue weighted by molar-refractivity contribution is 6.02. The highest BCUT2D eigenvalue weighted by atomic mass is 16.5. The summed E-state index contributed by atoms with van der Waals surface area (Å²) in [6, 6.07) is 21.0. The molecule has 0 aliphatic heterocycles.